The average molecular weight is 441 g/mol. The fourth-order valence-electron chi connectivity index (χ4n) is 2.50. The number of fused-ring (bicyclic) bond motifs is 1. The van der Waals surface area contributed by atoms with Gasteiger partial charge in [-0.1, -0.05) is 23.9 Å². The van der Waals surface area contributed by atoms with Crippen LogP contribution in [0.15, 0.2) is 45.4 Å². The van der Waals surface area contributed by atoms with Gasteiger partial charge in [-0.05, 0) is 25.3 Å². The first-order valence-electron chi connectivity index (χ1n) is 8.22. The smallest absolute Gasteiger partial charge is 0.350 e. The highest BCUT2D eigenvalue weighted by molar-refractivity contribution is 8.02. The Labute approximate surface area is 170 Å². The molecular formula is C16H20N5O4PS2. The number of ether oxygens (including phenoxy) is 1. The molecule has 1 unspecified atom stereocenters. The van der Waals surface area contributed by atoms with Gasteiger partial charge in [-0.3, -0.25) is 4.57 Å². The number of hydrogen-bond donors (Lipinski definition) is 3. The maximum absolute atomic E-state index is 11.0. The van der Waals surface area contributed by atoms with E-state index in [0.717, 1.165) is 9.79 Å². The van der Waals surface area contributed by atoms with E-state index in [-0.39, 0.29) is 5.95 Å². The molecule has 0 bridgehead atoms. The van der Waals surface area contributed by atoms with Crippen molar-refractivity contribution in [1.29, 1.82) is 0 Å². The van der Waals surface area contributed by atoms with E-state index in [4.69, 9.17) is 20.3 Å². The molecule has 2 heterocycles. The minimum Gasteiger partial charge on any atom is -0.368 e. The Morgan fingerprint density at radius 2 is 2.00 bits per heavy atom. The van der Waals surface area contributed by atoms with Crippen LogP contribution < -0.4 is 5.73 Å². The Kier molecular flexibility index (Phi) is 6.64. The van der Waals surface area contributed by atoms with Crippen LogP contribution in [0.25, 0.3) is 11.2 Å². The number of benzene rings is 1. The number of anilines is 1. The molecule has 4 N–H and O–H groups in total. The lowest BCUT2D eigenvalue weighted by molar-refractivity contribution is 0.0764. The van der Waals surface area contributed by atoms with Crippen LogP contribution in [-0.2, 0) is 15.8 Å². The summed E-state index contributed by atoms with van der Waals surface area (Å²) in [4.78, 5) is 33.1. The summed E-state index contributed by atoms with van der Waals surface area (Å²) < 4.78 is 17.9. The third-order valence-corrected chi connectivity index (χ3v) is 6.17. The van der Waals surface area contributed by atoms with Gasteiger partial charge in [0.2, 0.25) is 5.95 Å². The summed E-state index contributed by atoms with van der Waals surface area (Å²) >= 11 is 3.11. The van der Waals surface area contributed by atoms with Gasteiger partial charge >= 0.3 is 7.60 Å². The van der Waals surface area contributed by atoms with Gasteiger partial charge < -0.3 is 24.8 Å². The summed E-state index contributed by atoms with van der Waals surface area (Å²) in [5.74, 6) is 0.127. The molecule has 0 aliphatic rings. The van der Waals surface area contributed by atoms with E-state index >= 15 is 0 Å². The normalized spacial score (nSPS) is 13.1. The number of nitrogen functional groups attached to an aromatic ring is 1. The van der Waals surface area contributed by atoms with Gasteiger partial charge in [0.1, 0.15) is 16.9 Å². The van der Waals surface area contributed by atoms with Crippen molar-refractivity contribution < 1.29 is 19.1 Å². The minimum atomic E-state index is -4.22. The molecule has 0 amide bonds. The van der Waals surface area contributed by atoms with Crippen molar-refractivity contribution in [3.63, 3.8) is 0 Å². The van der Waals surface area contributed by atoms with Crippen molar-refractivity contribution in [2.75, 3.05) is 18.3 Å². The van der Waals surface area contributed by atoms with Crippen molar-refractivity contribution in [1.82, 2.24) is 19.5 Å². The lowest BCUT2D eigenvalue weighted by Crippen LogP contribution is -2.17. The van der Waals surface area contributed by atoms with Crippen LogP contribution in [0.3, 0.4) is 0 Å². The minimum absolute atomic E-state index is 0.127. The zero-order chi connectivity index (χ0) is 20.3. The predicted molar refractivity (Wildman–Crippen MR) is 110 cm³/mol. The molecule has 0 radical (unpaired) electrons. The number of nitrogens with zero attached hydrogens (tertiary/aromatic N) is 4. The molecule has 1 aromatic carbocycles. The van der Waals surface area contributed by atoms with E-state index in [1.165, 1.54) is 11.8 Å². The maximum atomic E-state index is 11.0. The van der Waals surface area contributed by atoms with E-state index in [2.05, 4.69) is 15.0 Å². The van der Waals surface area contributed by atoms with Gasteiger partial charge in [0, 0.05) is 9.79 Å². The summed E-state index contributed by atoms with van der Waals surface area (Å²) in [5.41, 5.74) is 7.06. The number of rotatable bonds is 8. The highest BCUT2D eigenvalue weighted by Gasteiger charge is 2.18. The van der Waals surface area contributed by atoms with Gasteiger partial charge in [-0.25, -0.2) is 9.97 Å². The summed E-state index contributed by atoms with van der Waals surface area (Å²) in [6.07, 6.45) is 2.52. The molecule has 9 nitrogen and oxygen atoms in total. The predicted octanol–water partition coefficient (Wildman–Crippen LogP) is 2.82. The molecule has 0 aliphatic carbocycles. The van der Waals surface area contributed by atoms with Crippen LogP contribution in [-0.4, -0.2) is 48.0 Å². The summed E-state index contributed by atoms with van der Waals surface area (Å²) in [7, 11) is -4.22. The number of nitrogens with two attached hydrogens (primary N) is 1. The second-order valence-electron chi connectivity index (χ2n) is 5.98. The second-order valence-corrected chi connectivity index (χ2v) is 9.45. The van der Waals surface area contributed by atoms with E-state index in [1.807, 2.05) is 30.5 Å². The first-order valence-corrected chi connectivity index (χ1v) is 12.1. The summed E-state index contributed by atoms with van der Waals surface area (Å²) in [5, 5.41) is 0.645. The largest absolute Gasteiger partial charge is 0.368 e. The van der Waals surface area contributed by atoms with Gasteiger partial charge in [-0.2, -0.15) is 4.98 Å². The van der Waals surface area contributed by atoms with E-state index in [0.29, 0.717) is 22.7 Å². The molecule has 3 rings (SSSR count). The molecule has 28 heavy (non-hydrogen) atoms. The number of imidazole rings is 1. The summed E-state index contributed by atoms with van der Waals surface area (Å²) in [6.45, 7) is 2.04. The summed E-state index contributed by atoms with van der Waals surface area (Å²) in [6, 6.07) is 7.99. The molecule has 12 heteroatoms. The molecule has 0 fully saturated rings. The van der Waals surface area contributed by atoms with Crippen molar-refractivity contribution in [3.8, 4) is 0 Å². The van der Waals surface area contributed by atoms with Crippen molar-refractivity contribution >= 4 is 48.2 Å². The molecule has 0 spiro atoms. The zero-order valence-electron chi connectivity index (χ0n) is 15.2. The Morgan fingerprint density at radius 3 is 2.68 bits per heavy atom. The molecule has 3 aromatic rings. The third-order valence-electron chi connectivity index (χ3n) is 3.71. The number of aromatic nitrogens is 4. The van der Waals surface area contributed by atoms with Gasteiger partial charge in [0.05, 0.1) is 19.0 Å². The van der Waals surface area contributed by atoms with Gasteiger partial charge in [0.15, 0.2) is 5.65 Å². The second kappa shape index (κ2) is 8.81. The Hall–Kier alpha value is -1.62. The van der Waals surface area contributed by atoms with Crippen molar-refractivity contribution in [2.24, 2.45) is 0 Å². The molecule has 1 atom stereocenters. The Bertz CT molecular complexity index is 1030. The highest BCUT2D eigenvalue weighted by atomic mass is 32.2. The fourth-order valence-corrected chi connectivity index (χ4v) is 4.71. The lowest BCUT2D eigenvalue weighted by atomic mass is 10.4. The first kappa shape index (κ1) is 21.1. The quantitative estimate of drug-likeness (QED) is 0.272. The standard InChI is InChI=1S/C16H20N5O4PS2/c1-10(25-9-26(22,23)24)7-21-8-18-13-14(21)19-16(17)20-15(13)28-12-6-4-3-5-11(12)27-2/h3-6,8,10H,7,9H2,1-2H3,(H2,17,19,20)(H2,22,23,24). The third kappa shape index (κ3) is 5.25. The van der Waals surface area contributed by atoms with Crippen LogP contribution in [0.2, 0.25) is 0 Å². The van der Waals surface area contributed by atoms with Crippen LogP contribution in [0.4, 0.5) is 5.95 Å². The number of thioether (sulfide) groups is 1. The molecule has 0 aliphatic heterocycles. The van der Waals surface area contributed by atoms with Gasteiger partial charge in [0.25, 0.3) is 0 Å². The molecule has 0 saturated heterocycles. The number of hydrogen-bond acceptors (Lipinski definition) is 8. The SMILES string of the molecule is CSc1ccccc1Sc1nc(N)nc2c1ncn2CC(C)OCP(=O)(O)O. The van der Waals surface area contributed by atoms with Crippen molar-refractivity contribution in [3.05, 3.63) is 30.6 Å². The maximum Gasteiger partial charge on any atom is 0.350 e. The zero-order valence-corrected chi connectivity index (χ0v) is 17.7. The van der Waals surface area contributed by atoms with Crippen molar-refractivity contribution in [2.45, 2.75) is 34.4 Å². The van der Waals surface area contributed by atoms with E-state index < -0.39 is 20.0 Å². The molecular weight excluding hydrogens is 421 g/mol. The average Bonchev–Trinajstić information content (AvgIpc) is 3.02. The molecule has 2 aromatic heterocycles. The van der Waals surface area contributed by atoms with Gasteiger partial charge in [-0.15, -0.1) is 11.8 Å². The van der Waals surface area contributed by atoms with Crippen LogP contribution in [0.5, 0.6) is 0 Å². The monoisotopic (exact) mass is 441 g/mol. The van der Waals surface area contributed by atoms with Crippen LogP contribution in [0, 0.1) is 0 Å². The van der Waals surface area contributed by atoms with E-state index in [9.17, 15) is 4.57 Å². The van der Waals surface area contributed by atoms with E-state index in [1.54, 1.807) is 29.6 Å². The van der Waals surface area contributed by atoms with Crippen LogP contribution in [0.1, 0.15) is 6.92 Å². The highest BCUT2D eigenvalue weighted by Crippen LogP contribution is 2.37. The Morgan fingerprint density at radius 1 is 1.29 bits per heavy atom. The topological polar surface area (TPSA) is 136 Å². The first-order chi connectivity index (χ1) is 13.3. The lowest BCUT2D eigenvalue weighted by Gasteiger charge is -2.14. The Balaban J connectivity index is 1.87. The molecule has 0 saturated carbocycles. The van der Waals surface area contributed by atoms with Crippen LogP contribution >= 0.6 is 31.1 Å². The molecule has 150 valence electrons. The fraction of sp³-hybridized carbons (Fsp3) is 0.312.